The molecule has 0 spiro atoms. The van der Waals surface area contributed by atoms with Crippen LogP contribution in [0.2, 0.25) is 0 Å². The predicted molar refractivity (Wildman–Crippen MR) is 70.4 cm³/mol. The summed E-state index contributed by atoms with van der Waals surface area (Å²) in [5.41, 5.74) is -0.0978. The Balaban J connectivity index is 1.74. The van der Waals surface area contributed by atoms with Crippen LogP contribution in [0.3, 0.4) is 0 Å². The minimum atomic E-state index is -1.11. The Labute approximate surface area is 116 Å². The molecule has 0 atom stereocenters. The molecule has 1 heterocycles. The van der Waals surface area contributed by atoms with Gasteiger partial charge in [-0.05, 0) is 12.8 Å². The second-order valence-electron chi connectivity index (χ2n) is 4.95. The largest absolute Gasteiger partial charge is 0.476 e. The molecule has 0 radical (unpaired) electrons. The minimum absolute atomic E-state index is 0.0978. The summed E-state index contributed by atoms with van der Waals surface area (Å²) in [4.78, 5) is 24.3. The Morgan fingerprint density at radius 3 is 2.80 bits per heavy atom. The van der Waals surface area contributed by atoms with Crippen LogP contribution in [0.1, 0.15) is 36.2 Å². The molecule has 0 aliphatic heterocycles. The molecular weight excluding hydrogens is 262 g/mol. The Hall–Kier alpha value is -2.12. The number of aromatic nitrogens is 3. The van der Waals surface area contributed by atoms with E-state index in [1.54, 1.807) is 4.90 Å². The topological polar surface area (TPSA) is 100 Å². The highest BCUT2D eigenvalue weighted by molar-refractivity contribution is 5.84. The molecule has 8 heteroatoms. The average Bonchev–Trinajstić information content (AvgIpc) is 3.08. The maximum Gasteiger partial charge on any atom is 0.358 e. The molecule has 1 fully saturated rings. The van der Waals surface area contributed by atoms with Crippen molar-refractivity contribution in [3.63, 3.8) is 0 Å². The van der Waals surface area contributed by atoms with E-state index in [0.29, 0.717) is 19.1 Å². The summed E-state index contributed by atoms with van der Waals surface area (Å²) >= 11 is 0. The zero-order valence-corrected chi connectivity index (χ0v) is 11.4. The average molecular weight is 281 g/mol. The molecule has 0 bridgehead atoms. The smallest absolute Gasteiger partial charge is 0.358 e. The molecule has 2 rings (SSSR count). The highest BCUT2D eigenvalue weighted by Crippen LogP contribution is 2.22. The summed E-state index contributed by atoms with van der Waals surface area (Å²) in [7, 11) is 1.81. The summed E-state index contributed by atoms with van der Waals surface area (Å²) in [6.07, 6.45) is 5.83. The van der Waals surface area contributed by atoms with Gasteiger partial charge in [-0.2, -0.15) is 0 Å². The zero-order chi connectivity index (χ0) is 14.5. The summed E-state index contributed by atoms with van der Waals surface area (Å²) < 4.78 is 1.40. The van der Waals surface area contributed by atoms with Gasteiger partial charge in [0.2, 0.25) is 0 Å². The van der Waals surface area contributed by atoms with E-state index in [0.717, 1.165) is 12.8 Å². The normalized spacial score (nSPS) is 15.2. The first-order valence-corrected chi connectivity index (χ1v) is 6.72. The number of nitrogens with one attached hydrogen (secondary N) is 1. The SMILES string of the molecule is CN(C(=O)NCCn1cc(C(=O)O)nn1)C1CCCC1. The third-order valence-electron chi connectivity index (χ3n) is 3.57. The Kier molecular flexibility index (Phi) is 4.54. The summed E-state index contributed by atoms with van der Waals surface area (Å²) in [5.74, 6) is -1.11. The first-order chi connectivity index (χ1) is 9.58. The lowest BCUT2D eigenvalue weighted by Crippen LogP contribution is -2.43. The molecule has 20 heavy (non-hydrogen) atoms. The van der Waals surface area contributed by atoms with Gasteiger partial charge in [0.1, 0.15) is 0 Å². The van der Waals surface area contributed by atoms with E-state index >= 15 is 0 Å². The number of aromatic carboxylic acids is 1. The Bertz CT molecular complexity index is 481. The van der Waals surface area contributed by atoms with E-state index in [2.05, 4.69) is 15.6 Å². The molecule has 1 aromatic rings. The third kappa shape index (κ3) is 3.46. The first-order valence-electron chi connectivity index (χ1n) is 6.72. The highest BCUT2D eigenvalue weighted by Gasteiger charge is 2.22. The maximum atomic E-state index is 11.9. The van der Waals surface area contributed by atoms with Crippen molar-refractivity contribution in [1.82, 2.24) is 25.2 Å². The summed E-state index contributed by atoms with van der Waals surface area (Å²) in [6, 6.07) is 0.232. The van der Waals surface area contributed by atoms with E-state index < -0.39 is 5.97 Å². The number of rotatable bonds is 5. The van der Waals surface area contributed by atoms with Gasteiger partial charge in [0, 0.05) is 19.6 Å². The highest BCUT2D eigenvalue weighted by atomic mass is 16.4. The fraction of sp³-hybridized carbons (Fsp3) is 0.667. The number of urea groups is 1. The van der Waals surface area contributed by atoms with Gasteiger partial charge >= 0.3 is 12.0 Å². The van der Waals surface area contributed by atoms with E-state index in [9.17, 15) is 9.59 Å². The van der Waals surface area contributed by atoms with Crippen LogP contribution < -0.4 is 5.32 Å². The first kappa shape index (κ1) is 14.3. The van der Waals surface area contributed by atoms with Gasteiger partial charge in [0.15, 0.2) is 5.69 Å². The van der Waals surface area contributed by atoms with Gasteiger partial charge in [0.05, 0.1) is 12.7 Å². The monoisotopic (exact) mass is 281 g/mol. The number of carboxylic acid groups (broad SMARTS) is 1. The van der Waals surface area contributed by atoms with Crippen molar-refractivity contribution in [2.24, 2.45) is 0 Å². The number of carboxylic acids is 1. The fourth-order valence-corrected chi connectivity index (χ4v) is 2.37. The van der Waals surface area contributed by atoms with Crippen LogP contribution in [0, 0.1) is 0 Å². The number of hydrogen-bond donors (Lipinski definition) is 2. The van der Waals surface area contributed by atoms with Crippen LogP contribution in [0.15, 0.2) is 6.20 Å². The lowest BCUT2D eigenvalue weighted by atomic mass is 10.2. The van der Waals surface area contributed by atoms with Gasteiger partial charge in [-0.25, -0.2) is 14.3 Å². The van der Waals surface area contributed by atoms with Crippen LogP contribution in [-0.2, 0) is 6.54 Å². The van der Waals surface area contributed by atoms with Crippen LogP contribution in [0.4, 0.5) is 4.79 Å². The lowest BCUT2D eigenvalue weighted by molar-refractivity contribution is 0.0690. The number of nitrogens with zero attached hydrogens (tertiary/aromatic N) is 4. The van der Waals surface area contributed by atoms with Gasteiger partial charge in [-0.3, -0.25) is 0 Å². The molecular formula is C12H19N5O3. The molecule has 8 nitrogen and oxygen atoms in total. The maximum absolute atomic E-state index is 11.9. The lowest BCUT2D eigenvalue weighted by Gasteiger charge is -2.24. The predicted octanol–water partition coefficient (Wildman–Crippen LogP) is 0.560. The van der Waals surface area contributed by atoms with E-state index in [-0.39, 0.29) is 11.7 Å². The van der Waals surface area contributed by atoms with Crippen LogP contribution in [0.5, 0.6) is 0 Å². The third-order valence-corrected chi connectivity index (χ3v) is 3.57. The van der Waals surface area contributed by atoms with Crippen molar-refractivity contribution >= 4 is 12.0 Å². The van der Waals surface area contributed by atoms with Crippen molar-refractivity contribution in [1.29, 1.82) is 0 Å². The molecule has 110 valence electrons. The van der Waals surface area contributed by atoms with Crippen molar-refractivity contribution in [3.05, 3.63) is 11.9 Å². The zero-order valence-electron chi connectivity index (χ0n) is 11.4. The van der Waals surface area contributed by atoms with Gasteiger partial charge in [0.25, 0.3) is 0 Å². The Morgan fingerprint density at radius 2 is 2.20 bits per heavy atom. The quantitative estimate of drug-likeness (QED) is 0.821. The van der Waals surface area contributed by atoms with E-state index in [1.165, 1.54) is 23.7 Å². The number of hydrogen-bond acceptors (Lipinski definition) is 4. The number of carbonyl (C=O) groups is 2. The van der Waals surface area contributed by atoms with Crippen molar-refractivity contribution in [3.8, 4) is 0 Å². The molecule has 2 N–H and O–H groups in total. The van der Waals surface area contributed by atoms with E-state index in [4.69, 9.17) is 5.11 Å². The molecule has 1 saturated carbocycles. The summed E-state index contributed by atoms with van der Waals surface area (Å²) in [5, 5.41) is 18.7. The molecule has 1 aliphatic carbocycles. The van der Waals surface area contributed by atoms with Gasteiger partial charge in [-0.15, -0.1) is 5.10 Å². The second kappa shape index (κ2) is 6.36. The minimum Gasteiger partial charge on any atom is -0.476 e. The fourth-order valence-electron chi connectivity index (χ4n) is 2.37. The van der Waals surface area contributed by atoms with Crippen molar-refractivity contribution in [2.75, 3.05) is 13.6 Å². The Morgan fingerprint density at radius 1 is 1.50 bits per heavy atom. The second-order valence-corrected chi connectivity index (χ2v) is 4.95. The number of amides is 2. The van der Waals surface area contributed by atoms with Crippen LogP contribution >= 0.6 is 0 Å². The molecule has 0 saturated heterocycles. The molecule has 1 aromatic heterocycles. The van der Waals surface area contributed by atoms with Crippen molar-refractivity contribution < 1.29 is 14.7 Å². The standard InChI is InChI=1S/C12H19N5O3/c1-16(9-4-2-3-5-9)12(20)13-6-7-17-8-10(11(18)19)14-15-17/h8-9H,2-7H2,1H3,(H,13,20)(H,18,19). The van der Waals surface area contributed by atoms with Crippen LogP contribution in [0.25, 0.3) is 0 Å². The van der Waals surface area contributed by atoms with Gasteiger partial charge in [-0.1, -0.05) is 18.1 Å². The number of carbonyl (C=O) groups excluding carboxylic acids is 1. The summed E-state index contributed by atoms with van der Waals surface area (Å²) in [6.45, 7) is 0.781. The molecule has 0 unspecified atom stereocenters. The molecule has 0 aromatic carbocycles. The van der Waals surface area contributed by atoms with Gasteiger partial charge < -0.3 is 15.3 Å². The van der Waals surface area contributed by atoms with E-state index in [1.807, 2.05) is 7.05 Å². The van der Waals surface area contributed by atoms with Crippen LogP contribution in [-0.4, -0.2) is 56.6 Å². The molecule has 2 amide bonds. The molecule has 1 aliphatic rings. The van der Waals surface area contributed by atoms with Crippen molar-refractivity contribution in [2.45, 2.75) is 38.3 Å².